The third kappa shape index (κ3) is 2.34. The van der Waals surface area contributed by atoms with E-state index in [4.69, 9.17) is 11.6 Å². The first-order valence-electron chi connectivity index (χ1n) is 5.42. The number of hydrogen-bond donors (Lipinski definition) is 1. The quantitative estimate of drug-likeness (QED) is 0.886. The van der Waals surface area contributed by atoms with Crippen LogP contribution in [0.15, 0.2) is 30.5 Å². The average molecular weight is 236 g/mol. The number of nitrogens with zero attached hydrogens (tertiary/aromatic N) is 1. The zero-order valence-corrected chi connectivity index (χ0v) is 9.91. The lowest BCUT2D eigenvalue weighted by atomic mass is 10.0. The van der Waals surface area contributed by atoms with Crippen molar-refractivity contribution in [2.24, 2.45) is 0 Å². The average Bonchev–Trinajstić information content (AvgIpc) is 2.28. The normalized spacial score (nSPS) is 12.9. The first-order chi connectivity index (χ1) is 7.70. The van der Waals surface area contributed by atoms with Gasteiger partial charge in [0.15, 0.2) is 0 Å². The Morgan fingerprint density at radius 3 is 2.94 bits per heavy atom. The highest BCUT2D eigenvalue weighted by Gasteiger charge is 2.07. The molecule has 0 fully saturated rings. The molecule has 0 saturated heterocycles. The van der Waals surface area contributed by atoms with Crippen LogP contribution < -0.4 is 0 Å². The molecule has 2 nitrogen and oxygen atoms in total. The van der Waals surface area contributed by atoms with Gasteiger partial charge in [-0.1, -0.05) is 24.6 Å². The van der Waals surface area contributed by atoms with E-state index < -0.39 is 0 Å². The number of aliphatic hydroxyl groups is 1. The number of aromatic nitrogens is 1. The van der Waals surface area contributed by atoms with Gasteiger partial charge in [-0.25, -0.2) is 0 Å². The van der Waals surface area contributed by atoms with Gasteiger partial charge >= 0.3 is 0 Å². The molecule has 1 aromatic carbocycles. The molecule has 1 heterocycles. The van der Waals surface area contributed by atoms with Crippen LogP contribution in [0.4, 0.5) is 0 Å². The van der Waals surface area contributed by atoms with E-state index >= 15 is 0 Å². The molecule has 0 radical (unpaired) electrons. The van der Waals surface area contributed by atoms with Gasteiger partial charge in [0.05, 0.1) is 11.6 Å². The van der Waals surface area contributed by atoms with E-state index in [2.05, 4.69) is 4.98 Å². The SMILES string of the molecule is CCC(O)Cc1ccnc2cc(Cl)ccc12. The van der Waals surface area contributed by atoms with Gasteiger partial charge in [0, 0.05) is 16.6 Å². The van der Waals surface area contributed by atoms with Crippen molar-refractivity contribution in [3.8, 4) is 0 Å². The van der Waals surface area contributed by atoms with Crippen molar-refractivity contribution in [3.05, 3.63) is 41.0 Å². The topological polar surface area (TPSA) is 33.1 Å². The second-order valence-corrected chi connectivity index (χ2v) is 4.33. The van der Waals surface area contributed by atoms with Crippen LogP contribution in [0.2, 0.25) is 5.02 Å². The van der Waals surface area contributed by atoms with Crippen molar-refractivity contribution in [1.29, 1.82) is 0 Å². The summed E-state index contributed by atoms with van der Waals surface area (Å²) < 4.78 is 0. The minimum atomic E-state index is -0.290. The smallest absolute Gasteiger partial charge is 0.0719 e. The van der Waals surface area contributed by atoms with E-state index in [-0.39, 0.29) is 6.10 Å². The molecule has 1 atom stereocenters. The molecule has 0 saturated carbocycles. The summed E-state index contributed by atoms with van der Waals surface area (Å²) in [7, 11) is 0. The Hall–Kier alpha value is -1.12. The van der Waals surface area contributed by atoms with Gasteiger partial charge in [-0.15, -0.1) is 0 Å². The van der Waals surface area contributed by atoms with E-state index in [0.717, 1.165) is 22.9 Å². The molecule has 16 heavy (non-hydrogen) atoms. The van der Waals surface area contributed by atoms with Crippen LogP contribution in [0, 0.1) is 0 Å². The highest BCUT2D eigenvalue weighted by molar-refractivity contribution is 6.31. The van der Waals surface area contributed by atoms with Gasteiger partial charge in [-0.2, -0.15) is 0 Å². The Balaban J connectivity index is 2.45. The molecule has 0 aliphatic carbocycles. The zero-order valence-electron chi connectivity index (χ0n) is 9.15. The van der Waals surface area contributed by atoms with E-state index in [1.165, 1.54) is 0 Å². The number of aliphatic hydroxyl groups excluding tert-OH is 1. The Labute approximate surface area is 99.9 Å². The Morgan fingerprint density at radius 1 is 1.38 bits per heavy atom. The minimum Gasteiger partial charge on any atom is -0.393 e. The molecule has 1 unspecified atom stereocenters. The van der Waals surface area contributed by atoms with E-state index in [1.807, 2.05) is 31.2 Å². The van der Waals surface area contributed by atoms with Gasteiger partial charge in [-0.3, -0.25) is 4.98 Å². The Bertz CT molecular complexity index is 498. The van der Waals surface area contributed by atoms with Crippen LogP contribution >= 0.6 is 11.6 Å². The third-order valence-electron chi connectivity index (χ3n) is 2.72. The number of fused-ring (bicyclic) bond motifs is 1. The molecular formula is C13H14ClNO. The van der Waals surface area contributed by atoms with Crippen molar-refractivity contribution in [2.75, 3.05) is 0 Å². The molecule has 0 amide bonds. The number of benzene rings is 1. The van der Waals surface area contributed by atoms with Crippen molar-refractivity contribution in [3.63, 3.8) is 0 Å². The van der Waals surface area contributed by atoms with Crippen LogP contribution in [0.1, 0.15) is 18.9 Å². The molecule has 0 aliphatic rings. The predicted octanol–water partition coefficient (Wildman–Crippen LogP) is 3.20. The summed E-state index contributed by atoms with van der Waals surface area (Å²) in [6.07, 6.45) is 2.89. The van der Waals surface area contributed by atoms with E-state index in [0.29, 0.717) is 11.4 Å². The highest BCUT2D eigenvalue weighted by Crippen LogP contribution is 2.22. The molecule has 2 aromatic rings. The van der Waals surface area contributed by atoms with Crippen LogP contribution in [0.3, 0.4) is 0 Å². The summed E-state index contributed by atoms with van der Waals surface area (Å²) in [6, 6.07) is 7.61. The number of rotatable bonds is 3. The second-order valence-electron chi connectivity index (χ2n) is 3.90. The first-order valence-corrected chi connectivity index (χ1v) is 5.79. The van der Waals surface area contributed by atoms with Gasteiger partial charge in [0.2, 0.25) is 0 Å². The standard InChI is InChI=1S/C13H14ClNO/c1-2-11(16)7-9-5-6-15-13-8-10(14)3-4-12(9)13/h3-6,8,11,16H,2,7H2,1H3. The van der Waals surface area contributed by atoms with Crippen LogP contribution in [-0.4, -0.2) is 16.2 Å². The molecule has 84 valence electrons. The largest absolute Gasteiger partial charge is 0.393 e. The highest BCUT2D eigenvalue weighted by atomic mass is 35.5. The summed E-state index contributed by atoms with van der Waals surface area (Å²) in [5.74, 6) is 0. The molecule has 0 spiro atoms. The van der Waals surface area contributed by atoms with E-state index in [9.17, 15) is 5.11 Å². The maximum Gasteiger partial charge on any atom is 0.0719 e. The fourth-order valence-corrected chi connectivity index (χ4v) is 1.92. The number of halogens is 1. The minimum absolute atomic E-state index is 0.290. The van der Waals surface area contributed by atoms with Crippen molar-refractivity contribution in [1.82, 2.24) is 4.98 Å². The predicted molar refractivity (Wildman–Crippen MR) is 66.8 cm³/mol. The third-order valence-corrected chi connectivity index (χ3v) is 2.96. The molecular weight excluding hydrogens is 222 g/mol. The van der Waals surface area contributed by atoms with Gasteiger partial charge in [0.25, 0.3) is 0 Å². The second kappa shape index (κ2) is 4.81. The molecule has 2 rings (SSSR count). The summed E-state index contributed by atoms with van der Waals surface area (Å²) in [5.41, 5.74) is 2.00. The monoisotopic (exact) mass is 235 g/mol. The Morgan fingerprint density at radius 2 is 2.19 bits per heavy atom. The van der Waals surface area contributed by atoms with Crippen molar-refractivity contribution < 1.29 is 5.11 Å². The first kappa shape index (κ1) is 11.4. The molecule has 1 aromatic heterocycles. The molecule has 1 N–H and O–H groups in total. The summed E-state index contributed by atoms with van der Waals surface area (Å²) in [5, 5.41) is 11.4. The summed E-state index contributed by atoms with van der Waals surface area (Å²) >= 11 is 5.91. The van der Waals surface area contributed by atoms with Crippen LogP contribution in [-0.2, 0) is 6.42 Å². The molecule has 0 aliphatic heterocycles. The maximum absolute atomic E-state index is 9.68. The lowest BCUT2D eigenvalue weighted by Crippen LogP contribution is -2.08. The van der Waals surface area contributed by atoms with Gasteiger partial charge in [0.1, 0.15) is 0 Å². The fraction of sp³-hybridized carbons (Fsp3) is 0.308. The Kier molecular flexibility index (Phi) is 3.42. The summed E-state index contributed by atoms with van der Waals surface area (Å²) in [4.78, 5) is 4.27. The van der Waals surface area contributed by atoms with Crippen molar-refractivity contribution in [2.45, 2.75) is 25.9 Å². The van der Waals surface area contributed by atoms with Gasteiger partial charge < -0.3 is 5.11 Å². The fourth-order valence-electron chi connectivity index (χ4n) is 1.76. The number of pyridine rings is 1. The summed E-state index contributed by atoms with van der Waals surface area (Å²) in [6.45, 7) is 1.98. The van der Waals surface area contributed by atoms with Gasteiger partial charge in [-0.05, 0) is 36.6 Å². The maximum atomic E-state index is 9.68. The lowest BCUT2D eigenvalue weighted by Gasteiger charge is -2.10. The molecule has 0 bridgehead atoms. The lowest BCUT2D eigenvalue weighted by molar-refractivity contribution is 0.171. The van der Waals surface area contributed by atoms with Crippen molar-refractivity contribution >= 4 is 22.5 Å². The van der Waals surface area contributed by atoms with Crippen LogP contribution in [0.25, 0.3) is 10.9 Å². The van der Waals surface area contributed by atoms with E-state index in [1.54, 1.807) is 6.20 Å². The van der Waals surface area contributed by atoms with Crippen LogP contribution in [0.5, 0.6) is 0 Å². The zero-order chi connectivity index (χ0) is 11.5. The number of hydrogen-bond acceptors (Lipinski definition) is 2. The molecule has 3 heteroatoms.